The van der Waals surface area contributed by atoms with Gasteiger partial charge in [-0.3, -0.25) is 0 Å². The third-order valence-electron chi connectivity index (χ3n) is 4.14. The van der Waals surface area contributed by atoms with Gasteiger partial charge in [-0.1, -0.05) is 44.5 Å². The Morgan fingerprint density at radius 1 is 1.11 bits per heavy atom. The molecule has 0 radical (unpaired) electrons. The minimum Gasteiger partial charge on any atom is -0.387 e. The average molecular weight is 247 g/mol. The second-order valence-electron chi connectivity index (χ2n) is 5.81. The third-order valence-corrected chi connectivity index (χ3v) is 4.14. The smallest absolute Gasteiger partial charge is 0.0945 e. The quantitative estimate of drug-likeness (QED) is 0.885. The van der Waals surface area contributed by atoms with E-state index in [-0.39, 0.29) is 12.1 Å². The van der Waals surface area contributed by atoms with Gasteiger partial charge in [0, 0.05) is 6.04 Å². The zero-order chi connectivity index (χ0) is 13.1. The Hall–Kier alpha value is -0.860. The molecule has 18 heavy (non-hydrogen) atoms. The van der Waals surface area contributed by atoms with Gasteiger partial charge in [-0.15, -0.1) is 0 Å². The van der Waals surface area contributed by atoms with Crippen molar-refractivity contribution in [3.8, 4) is 0 Å². The fourth-order valence-electron chi connectivity index (χ4n) is 2.80. The Balaban J connectivity index is 2.10. The van der Waals surface area contributed by atoms with Gasteiger partial charge in [-0.05, 0) is 43.5 Å². The maximum Gasteiger partial charge on any atom is 0.0945 e. The standard InChI is InChI=1S/C16H25NO/c1-12(2)13-7-9-14(10-8-13)16(18)15-6-4-5-11-17(15)3/h7-10,12,15-16,18H,4-6,11H2,1-3H3. The molecule has 0 aliphatic carbocycles. The fourth-order valence-corrected chi connectivity index (χ4v) is 2.80. The Morgan fingerprint density at radius 2 is 1.72 bits per heavy atom. The third kappa shape index (κ3) is 2.93. The number of hydrogen-bond acceptors (Lipinski definition) is 2. The van der Waals surface area contributed by atoms with Crippen molar-refractivity contribution in [1.82, 2.24) is 4.90 Å². The highest BCUT2D eigenvalue weighted by molar-refractivity contribution is 5.27. The first-order chi connectivity index (χ1) is 8.59. The largest absolute Gasteiger partial charge is 0.387 e. The van der Waals surface area contributed by atoms with Crippen LogP contribution >= 0.6 is 0 Å². The average Bonchev–Trinajstić information content (AvgIpc) is 2.38. The first kappa shape index (κ1) is 13.6. The van der Waals surface area contributed by atoms with Gasteiger partial charge >= 0.3 is 0 Å². The second kappa shape index (κ2) is 5.85. The minimum atomic E-state index is -0.350. The van der Waals surface area contributed by atoms with Crippen LogP contribution in [0, 0.1) is 0 Å². The van der Waals surface area contributed by atoms with Crippen molar-refractivity contribution in [1.29, 1.82) is 0 Å². The second-order valence-corrected chi connectivity index (χ2v) is 5.81. The van der Waals surface area contributed by atoms with Crippen LogP contribution in [-0.4, -0.2) is 29.6 Å². The van der Waals surface area contributed by atoms with Crippen LogP contribution in [0.3, 0.4) is 0 Å². The van der Waals surface area contributed by atoms with Crippen LogP contribution in [0.15, 0.2) is 24.3 Å². The zero-order valence-corrected chi connectivity index (χ0v) is 11.8. The summed E-state index contributed by atoms with van der Waals surface area (Å²) in [5.74, 6) is 0.550. The van der Waals surface area contributed by atoms with Gasteiger partial charge < -0.3 is 10.0 Å². The van der Waals surface area contributed by atoms with Gasteiger partial charge in [0.15, 0.2) is 0 Å². The van der Waals surface area contributed by atoms with Crippen LogP contribution < -0.4 is 0 Å². The van der Waals surface area contributed by atoms with E-state index in [4.69, 9.17) is 0 Å². The molecular weight excluding hydrogens is 222 g/mol. The number of aliphatic hydroxyl groups excluding tert-OH is 1. The van der Waals surface area contributed by atoms with Gasteiger partial charge in [0.25, 0.3) is 0 Å². The Labute approximate surface area is 111 Å². The summed E-state index contributed by atoms with van der Waals surface area (Å²) in [6.45, 7) is 5.49. The molecular formula is C16H25NO. The summed E-state index contributed by atoms with van der Waals surface area (Å²) in [6.07, 6.45) is 3.24. The lowest BCUT2D eigenvalue weighted by atomic mass is 9.92. The molecule has 1 heterocycles. The first-order valence-electron chi connectivity index (χ1n) is 7.07. The summed E-state index contributed by atoms with van der Waals surface area (Å²) in [7, 11) is 2.12. The molecule has 100 valence electrons. The lowest BCUT2D eigenvalue weighted by molar-refractivity contribution is 0.0403. The van der Waals surface area contributed by atoms with Crippen LogP contribution in [0.25, 0.3) is 0 Å². The van der Waals surface area contributed by atoms with E-state index in [1.807, 2.05) is 0 Å². The van der Waals surface area contributed by atoms with Crippen molar-refractivity contribution in [2.24, 2.45) is 0 Å². The summed E-state index contributed by atoms with van der Waals surface area (Å²) >= 11 is 0. The molecule has 1 saturated heterocycles. The first-order valence-corrected chi connectivity index (χ1v) is 7.07. The number of hydrogen-bond donors (Lipinski definition) is 1. The Bertz CT molecular complexity index is 371. The minimum absolute atomic E-state index is 0.281. The van der Waals surface area contributed by atoms with Crippen molar-refractivity contribution in [3.63, 3.8) is 0 Å². The lowest BCUT2D eigenvalue weighted by Crippen LogP contribution is -2.40. The predicted octanol–water partition coefficient (Wildman–Crippen LogP) is 3.33. The lowest BCUT2D eigenvalue weighted by Gasteiger charge is -2.35. The molecule has 2 rings (SSSR count). The highest BCUT2D eigenvalue weighted by Crippen LogP contribution is 2.28. The maximum atomic E-state index is 10.5. The van der Waals surface area contributed by atoms with Crippen LogP contribution in [0.5, 0.6) is 0 Å². The number of rotatable bonds is 3. The topological polar surface area (TPSA) is 23.5 Å². The molecule has 0 bridgehead atoms. The zero-order valence-electron chi connectivity index (χ0n) is 11.8. The molecule has 0 spiro atoms. The van der Waals surface area contributed by atoms with Gasteiger partial charge in [0.2, 0.25) is 0 Å². The molecule has 0 aromatic heterocycles. The van der Waals surface area contributed by atoms with Crippen LogP contribution in [0.2, 0.25) is 0 Å². The molecule has 1 aromatic carbocycles. The summed E-state index contributed by atoms with van der Waals surface area (Å²) < 4.78 is 0. The van der Waals surface area contributed by atoms with E-state index in [0.717, 1.165) is 18.5 Å². The summed E-state index contributed by atoms with van der Waals surface area (Å²) in [6, 6.07) is 8.74. The molecule has 2 atom stereocenters. The Kier molecular flexibility index (Phi) is 4.41. The number of likely N-dealkylation sites (N-methyl/N-ethyl adjacent to an activating group) is 1. The summed E-state index contributed by atoms with van der Waals surface area (Å²) in [5, 5.41) is 10.5. The molecule has 0 amide bonds. The van der Waals surface area contributed by atoms with E-state index in [1.54, 1.807) is 0 Å². The monoisotopic (exact) mass is 247 g/mol. The maximum absolute atomic E-state index is 10.5. The van der Waals surface area contributed by atoms with E-state index in [1.165, 1.54) is 18.4 Å². The molecule has 1 aromatic rings. The molecule has 2 unspecified atom stereocenters. The van der Waals surface area contributed by atoms with Gasteiger partial charge in [-0.25, -0.2) is 0 Å². The van der Waals surface area contributed by atoms with Gasteiger partial charge in [0.05, 0.1) is 6.10 Å². The highest BCUT2D eigenvalue weighted by Gasteiger charge is 2.27. The summed E-state index contributed by atoms with van der Waals surface area (Å²) in [5.41, 5.74) is 2.39. The highest BCUT2D eigenvalue weighted by atomic mass is 16.3. The van der Waals surface area contributed by atoms with Crippen LogP contribution in [0.1, 0.15) is 56.3 Å². The van der Waals surface area contributed by atoms with E-state index in [0.29, 0.717) is 5.92 Å². The normalized spacial score (nSPS) is 23.3. The molecule has 1 fully saturated rings. The van der Waals surface area contributed by atoms with Crippen LogP contribution in [-0.2, 0) is 0 Å². The van der Waals surface area contributed by atoms with Crippen molar-refractivity contribution in [3.05, 3.63) is 35.4 Å². The van der Waals surface area contributed by atoms with Gasteiger partial charge in [0.1, 0.15) is 0 Å². The SMILES string of the molecule is CC(C)c1ccc(C(O)C2CCCCN2C)cc1. The molecule has 1 aliphatic rings. The molecule has 0 saturated carbocycles. The van der Waals surface area contributed by atoms with Crippen molar-refractivity contribution < 1.29 is 5.11 Å². The number of nitrogens with zero attached hydrogens (tertiary/aromatic N) is 1. The number of likely N-dealkylation sites (tertiary alicyclic amines) is 1. The number of aliphatic hydroxyl groups is 1. The van der Waals surface area contributed by atoms with Crippen molar-refractivity contribution in [2.75, 3.05) is 13.6 Å². The number of piperidine rings is 1. The predicted molar refractivity (Wildman–Crippen MR) is 75.8 cm³/mol. The summed E-state index contributed by atoms with van der Waals surface area (Å²) in [4.78, 5) is 2.30. The van der Waals surface area contributed by atoms with E-state index >= 15 is 0 Å². The van der Waals surface area contributed by atoms with Crippen molar-refractivity contribution >= 4 is 0 Å². The Morgan fingerprint density at radius 3 is 2.28 bits per heavy atom. The van der Waals surface area contributed by atoms with Crippen molar-refractivity contribution in [2.45, 2.75) is 51.2 Å². The molecule has 1 aliphatic heterocycles. The molecule has 2 heteroatoms. The van der Waals surface area contributed by atoms with Crippen LogP contribution in [0.4, 0.5) is 0 Å². The molecule has 1 N–H and O–H groups in total. The van der Waals surface area contributed by atoms with E-state index in [9.17, 15) is 5.11 Å². The van der Waals surface area contributed by atoms with E-state index in [2.05, 4.69) is 50.1 Å². The van der Waals surface area contributed by atoms with Gasteiger partial charge in [-0.2, -0.15) is 0 Å². The molecule has 2 nitrogen and oxygen atoms in total. The van der Waals surface area contributed by atoms with E-state index < -0.39 is 0 Å². The number of benzene rings is 1. The fraction of sp³-hybridized carbons (Fsp3) is 0.625.